The van der Waals surface area contributed by atoms with E-state index < -0.39 is 11.7 Å². The number of nitrogens with zero attached hydrogens (tertiary/aromatic N) is 3. The third-order valence-corrected chi connectivity index (χ3v) is 5.86. The van der Waals surface area contributed by atoms with Crippen LogP contribution >= 0.6 is 11.3 Å². The normalized spacial score (nSPS) is 15.5. The average molecular weight is 441 g/mol. The minimum absolute atomic E-state index is 0.152. The Morgan fingerprint density at radius 2 is 1.90 bits per heavy atom. The highest BCUT2D eigenvalue weighted by Gasteiger charge is 2.33. The zero-order valence-electron chi connectivity index (χ0n) is 16.7. The number of nitrogens with one attached hydrogen (secondary N) is 2. The van der Waals surface area contributed by atoms with Crippen molar-refractivity contribution in [3.05, 3.63) is 64.4 Å². The molecule has 0 spiro atoms. The Morgan fingerprint density at radius 3 is 2.68 bits per heavy atom. The van der Waals surface area contributed by atoms with Gasteiger partial charge in [0.2, 0.25) is 5.01 Å². The molecule has 31 heavy (non-hydrogen) atoms. The fourth-order valence-corrected chi connectivity index (χ4v) is 4.26. The Bertz CT molecular complexity index is 1110. The number of rotatable bonds is 5. The van der Waals surface area contributed by atoms with Crippen LogP contribution in [0, 0.1) is 5.82 Å². The molecule has 0 saturated carbocycles. The number of amides is 3. The number of anilines is 2. The molecule has 3 amide bonds. The first-order chi connectivity index (χ1) is 15.0. The fraction of sp³-hybridized carbons (Fsp3) is 0.238. The van der Waals surface area contributed by atoms with Gasteiger partial charge in [-0.2, -0.15) is 0 Å². The molecule has 0 bridgehead atoms. The minimum atomic E-state index is -0.472. The zero-order chi connectivity index (χ0) is 21.8. The second-order valence-electron chi connectivity index (χ2n) is 6.92. The molecule has 1 aliphatic heterocycles. The van der Waals surface area contributed by atoms with Crippen molar-refractivity contribution in [2.75, 3.05) is 24.3 Å². The molecule has 0 unspecified atom stereocenters. The van der Waals surface area contributed by atoms with Gasteiger partial charge in [0.15, 0.2) is 0 Å². The summed E-state index contributed by atoms with van der Waals surface area (Å²) in [5, 5.41) is 14.3. The monoisotopic (exact) mass is 441 g/mol. The molecule has 0 aliphatic carbocycles. The van der Waals surface area contributed by atoms with Gasteiger partial charge in [-0.25, -0.2) is 9.18 Å². The summed E-state index contributed by atoms with van der Waals surface area (Å²) in [6, 6.07) is 12.2. The minimum Gasteiger partial charge on any atom is -0.497 e. The van der Waals surface area contributed by atoms with Crippen molar-refractivity contribution in [3.63, 3.8) is 0 Å². The first-order valence-corrected chi connectivity index (χ1v) is 10.5. The number of hydrogen-bond donors (Lipinski definition) is 2. The second kappa shape index (κ2) is 9.09. The number of carbonyl (C=O) groups excluding carboxylic acids is 2. The lowest BCUT2D eigenvalue weighted by molar-refractivity contribution is 0.102. The van der Waals surface area contributed by atoms with Gasteiger partial charge in [0.1, 0.15) is 16.6 Å². The van der Waals surface area contributed by atoms with Crippen molar-refractivity contribution in [1.82, 2.24) is 15.1 Å². The van der Waals surface area contributed by atoms with Gasteiger partial charge in [-0.1, -0.05) is 23.5 Å². The number of ether oxygens (including phenoxy) is 1. The van der Waals surface area contributed by atoms with Gasteiger partial charge in [0.05, 0.1) is 13.2 Å². The SMILES string of the molecule is COc1cccc(NC(=O)N2CCC[C@H]2c2nnc(C(=O)Nc3cccc(F)c3)s2)c1. The molecular weight excluding hydrogens is 421 g/mol. The van der Waals surface area contributed by atoms with Crippen LogP contribution in [-0.2, 0) is 0 Å². The summed E-state index contributed by atoms with van der Waals surface area (Å²) < 4.78 is 18.5. The maximum atomic E-state index is 13.3. The van der Waals surface area contributed by atoms with Gasteiger partial charge in [-0.05, 0) is 43.2 Å². The molecular formula is C21H20FN5O3S. The van der Waals surface area contributed by atoms with Crippen molar-refractivity contribution in [2.24, 2.45) is 0 Å². The Balaban J connectivity index is 1.44. The van der Waals surface area contributed by atoms with Crippen molar-refractivity contribution in [1.29, 1.82) is 0 Å². The Morgan fingerprint density at radius 1 is 1.13 bits per heavy atom. The Labute approximate surface area is 182 Å². The molecule has 10 heteroatoms. The summed E-state index contributed by atoms with van der Waals surface area (Å²) in [7, 11) is 1.56. The smallest absolute Gasteiger partial charge is 0.322 e. The van der Waals surface area contributed by atoms with E-state index >= 15 is 0 Å². The summed E-state index contributed by atoms with van der Waals surface area (Å²) >= 11 is 1.13. The molecule has 1 saturated heterocycles. The summed E-state index contributed by atoms with van der Waals surface area (Å²) in [4.78, 5) is 27.0. The third kappa shape index (κ3) is 4.80. The highest BCUT2D eigenvalue weighted by Crippen LogP contribution is 2.34. The lowest BCUT2D eigenvalue weighted by Crippen LogP contribution is -2.34. The van der Waals surface area contributed by atoms with E-state index in [0.717, 1.165) is 24.2 Å². The van der Waals surface area contributed by atoms with Crippen molar-refractivity contribution in [3.8, 4) is 5.75 Å². The Hall–Kier alpha value is -3.53. The van der Waals surface area contributed by atoms with Crippen LogP contribution in [-0.4, -0.2) is 40.7 Å². The van der Waals surface area contributed by atoms with Crippen molar-refractivity contribution >= 4 is 34.6 Å². The van der Waals surface area contributed by atoms with Crippen LogP contribution in [0.2, 0.25) is 0 Å². The molecule has 1 fully saturated rings. The molecule has 2 N–H and O–H groups in total. The summed E-state index contributed by atoms with van der Waals surface area (Å²) in [5.74, 6) is -0.270. The average Bonchev–Trinajstić information content (AvgIpc) is 3.43. The van der Waals surface area contributed by atoms with Crippen LogP contribution in [0.15, 0.2) is 48.5 Å². The molecule has 2 heterocycles. The molecule has 1 atom stereocenters. The molecule has 1 aliphatic rings. The second-order valence-corrected chi connectivity index (χ2v) is 7.93. The van der Waals surface area contributed by atoms with Gasteiger partial charge in [-0.3, -0.25) is 4.79 Å². The number of hydrogen-bond acceptors (Lipinski definition) is 6. The summed E-state index contributed by atoms with van der Waals surface area (Å²) in [6.45, 7) is 0.574. The molecule has 8 nitrogen and oxygen atoms in total. The first-order valence-electron chi connectivity index (χ1n) is 9.65. The molecule has 4 rings (SSSR count). The first kappa shape index (κ1) is 20.7. The topological polar surface area (TPSA) is 96.4 Å². The predicted octanol–water partition coefficient (Wildman–Crippen LogP) is 4.31. The van der Waals surface area contributed by atoms with Gasteiger partial charge in [-0.15, -0.1) is 10.2 Å². The number of carbonyl (C=O) groups is 2. The van der Waals surface area contributed by atoms with Crippen LogP contribution in [0.4, 0.5) is 20.6 Å². The largest absolute Gasteiger partial charge is 0.497 e. The lowest BCUT2D eigenvalue weighted by atomic mass is 10.2. The molecule has 3 aromatic rings. The van der Waals surface area contributed by atoms with E-state index in [0.29, 0.717) is 28.7 Å². The maximum Gasteiger partial charge on any atom is 0.322 e. The fourth-order valence-electron chi connectivity index (χ4n) is 3.37. The van der Waals surface area contributed by atoms with E-state index in [2.05, 4.69) is 20.8 Å². The molecule has 0 radical (unpaired) electrons. The number of benzene rings is 2. The van der Waals surface area contributed by atoms with Crippen LogP contribution in [0.25, 0.3) is 0 Å². The number of urea groups is 1. The van der Waals surface area contributed by atoms with Crippen LogP contribution in [0.1, 0.15) is 33.7 Å². The number of likely N-dealkylation sites (tertiary alicyclic amines) is 1. The van der Waals surface area contributed by atoms with E-state index in [1.807, 2.05) is 0 Å². The molecule has 1 aromatic heterocycles. The molecule has 160 valence electrons. The lowest BCUT2D eigenvalue weighted by Gasteiger charge is -2.23. The highest BCUT2D eigenvalue weighted by molar-refractivity contribution is 7.13. The maximum absolute atomic E-state index is 13.3. The van der Waals surface area contributed by atoms with Gasteiger partial charge in [0, 0.05) is 24.0 Å². The third-order valence-electron chi connectivity index (χ3n) is 4.84. The molecule has 2 aromatic carbocycles. The number of halogens is 1. The van der Waals surface area contributed by atoms with Gasteiger partial charge >= 0.3 is 6.03 Å². The summed E-state index contributed by atoms with van der Waals surface area (Å²) in [5.41, 5.74) is 0.962. The van der Waals surface area contributed by atoms with Gasteiger partial charge < -0.3 is 20.3 Å². The van der Waals surface area contributed by atoms with Crippen LogP contribution in [0.5, 0.6) is 5.75 Å². The number of aromatic nitrogens is 2. The Kier molecular flexibility index (Phi) is 6.08. The quantitative estimate of drug-likeness (QED) is 0.615. The van der Waals surface area contributed by atoms with E-state index in [9.17, 15) is 14.0 Å². The number of methoxy groups -OCH3 is 1. The standard InChI is InChI=1S/C21H20FN5O3S/c1-30-16-8-3-7-15(12-16)24-21(29)27-10-4-9-17(27)19-25-26-20(31-19)18(28)23-14-6-2-5-13(22)11-14/h2-3,5-8,11-12,17H,4,9-10H2,1H3,(H,23,28)(H,24,29)/t17-/m0/s1. The zero-order valence-corrected chi connectivity index (χ0v) is 17.5. The highest BCUT2D eigenvalue weighted by atomic mass is 32.1. The van der Waals surface area contributed by atoms with E-state index in [-0.39, 0.29) is 17.1 Å². The van der Waals surface area contributed by atoms with Gasteiger partial charge in [0.25, 0.3) is 5.91 Å². The van der Waals surface area contributed by atoms with Crippen LogP contribution in [0.3, 0.4) is 0 Å². The van der Waals surface area contributed by atoms with E-state index in [4.69, 9.17) is 4.74 Å². The van der Waals surface area contributed by atoms with E-state index in [1.165, 1.54) is 18.2 Å². The predicted molar refractivity (Wildman–Crippen MR) is 115 cm³/mol. The van der Waals surface area contributed by atoms with E-state index in [1.54, 1.807) is 42.3 Å². The van der Waals surface area contributed by atoms with Crippen LogP contribution < -0.4 is 15.4 Å². The summed E-state index contributed by atoms with van der Waals surface area (Å²) in [6.07, 6.45) is 1.55. The van der Waals surface area contributed by atoms with Crippen molar-refractivity contribution in [2.45, 2.75) is 18.9 Å². The van der Waals surface area contributed by atoms with Crippen molar-refractivity contribution < 1.29 is 18.7 Å².